The van der Waals surface area contributed by atoms with Crippen LogP contribution in [0.3, 0.4) is 0 Å². The van der Waals surface area contributed by atoms with E-state index in [1.165, 1.54) is 0 Å². The highest BCUT2D eigenvalue weighted by molar-refractivity contribution is 5.92. The zero-order valence-corrected chi connectivity index (χ0v) is 28.2. The van der Waals surface area contributed by atoms with E-state index in [0.29, 0.717) is 19.4 Å². The first-order valence-electron chi connectivity index (χ1n) is 16.9. The lowest BCUT2D eigenvalue weighted by atomic mass is 9.90. The second-order valence-corrected chi connectivity index (χ2v) is 12.0. The molecule has 8 heteroatoms. The highest BCUT2D eigenvalue weighted by Gasteiger charge is 2.28. The molecule has 256 valence electrons. The van der Waals surface area contributed by atoms with Crippen molar-refractivity contribution in [1.82, 2.24) is 16.0 Å². The van der Waals surface area contributed by atoms with Crippen LogP contribution < -0.4 is 20.7 Å². The Morgan fingerprint density at radius 2 is 1.10 bits per heavy atom. The van der Waals surface area contributed by atoms with Crippen LogP contribution in [0.5, 0.6) is 5.75 Å². The number of hydrogen-bond acceptors (Lipinski definition) is 5. The molecule has 0 aliphatic heterocycles. The number of benzene rings is 5. The molecule has 0 saturated carbocycles. The molecule has 5 aromatic carbocycles. The number of carbonyl (C=O) groups excluding carboxylic acids is 3. The van der Waals surface area contributed by atoms with E-state index in [9.17, 15) is 14.4 Å². The third kappa shape index (κ3) is 10.8. The van der Waals surface area contributed by atoms with Crippen molar-refractivity contribution in [3.05, 3.63) is 173 Å². The molecule has 3 N–H and O–H groups in total. The summed E-state index contributed by atoms with van der Waals surface area (Å²) in [5.41, 5.74) is 4.50. The molecule has 0 spiro atoms. The molecule has 0 heterocycles. The third-order valence-corrected chi connectivity index (χ3v) is 8.30. The number of hydrogen-bond donors (Lipinski definition) is 3. The van der Waals surface area contributed by atoms with Crippen molar-refractivity contribution < 1.29 is 23.9 Å². The fraction of sp³-hybridized carbons (Fsp3) is 0.214. The lowest BCUT2D eigenvalue weighted by molar-refractivity contribution is -0.129. The van der Waals surface area contributed by atoms with Crippen LogP contribution >= 0.6 is 0 Å². The van der Waals surface area contributed by atoms with Crippen molar-refractivity contribution in [3.8, 4) is 5.75 Å². The number of alkyl carbamates (subject to hydrolysis) is 1. The van der Waals surface area contributed by atoms with Crippen LogP contribution in [0.1, 0.15) is 59.5 Å². The molecule has 3 amide bonds. The molecule has 0 aromatic heterocycles. The second kappa shape index (κ2) is 18.6. The molecule has 2 atom stereocenters. The first-order valence-corrected chi connectivity index (χ1v) is 16.9. The van der Waals surface area contributed by atoms with Gasteiger partial charge in [-0.1, -0.05) is 133 Å². The average Bonchev–Trinajstić information content (AvgIpc) is 3.16. The van der Waals surface area contributed by atoms with Crippen LogP contribution in [0.15, 0.2) is 146 Å². The number of ether oxygens (including phenoxy) is 2. The van der Waals surface area contributed by atoms with Gasteiger partial charge in [0.15, 0.2) is 0 Å². The van der Waals surface area contributed by atoms with Gasteiger partial charge in [0, 0.05) is 6.54 Å². The summed E-state index contributed by atoms with van der Waals surface area (Å²) in [6.45, 7) is 2.79. The first-order chi connectivity index (χ1) is 24.5. The van der Waals surface area contributed by atoms with Gasteiger partial charge in [0.1, 0.15) is 25.0 Å². The van der Waals surface area contributed by atoms with Gasteiger partial charge in [0.05, 0.1) is 12.0 Å². The normalized spacial score (nSPS) is 12.0. The van der Waals surface area contributed by atoms with Gasteiger partial charge in [-0.3, -0.25) is 9.59 Å². The molecular formula is C42H43N3O5. The van der Waals surface area contributed by atoms with E-state index in [1.807, 2.05) is 153 Å². The summed E-state index contributed by atoms with van der Waals surface area (Å²) in [5, 5.41) is 8.86. The summed E-state index contributed by atoms with van der Waals surface area (Å²) < 4.78 is 11.2. The molecule has 0 radical (unpaired) electrons. The summed E-state index contributed by atoms with van der Waals surface area (Å²) in [6.07, 6.45) is 0.185. The predicted octanol–water partition coefficient (Wildman–Crippen LogP) is 7.47. The maximum atomic E-state index is 14.0. The molecule has 8 nitrogen and oxygen atoms in total. The minimum Gasteiger partial charge on any atom is -0.489 e. The van der Waals surface area contributed by atoms with Crippen LogP contribution in [0.25, 0.3) is 0 Å². The van der Waals surface area contributed by atoms with Gasteiger partial charge in [-0.2, -0.15) is 0 Å². The molecule has 5 aromatic rings. The Kier molecular flexibility index (Phi) is 13.2. The Bertz CT molecular complexity index is 1730. The van der Waals surface area contributed by atoms with Gasteiger partial charge in [-0.25, -0.2) is 4.79 Å². The minimum absolute atomic E-state index is 0.159. The summed E-state index contributed by atoms with van der Waals surface area (Å²) in [6, 6.07) is 44.8. The summed E-state index contributed by atoms with van der Waals surface area (Å²) >= 11 is 0. The van der Waals surface area contributed by atoms with Gasteiger partial charge in [0.2, 0.25) is 11.8 Å². The number of rotatable bonds is 16. The molecule has 0 aliphatic rings. The Labute approximate surface area is 293 Å². The lowest BCUT2D eigenvalue weighted by Crippen LogP contribution is -2.49. The maximum absolute atomic E-state index is 14.0. The zero-order valence-electron chi connectivity index (χ0n) is 28.2. The fourth-order valence-corrected chi connectivity index (χ4v) is 5.57. The van der Waals surface area contributed by atoms with Crippen molar-refractivity contribution in [1.29, 1.82) is 0 Å². The summed E-state index contributed by atoms with van der Waals surface area (Å²) in [4.78, 5) is 40.1. The van der Waals surface area contributed by atoms with E-state index in [1.54, 1.807) is 0 Å². The molecule has 5 rings (SSSR count). The van der Waals surface area contributed by atoms with Crippen molar-refractivity contribution >= 4 is 17.9 Å². The number of carbonyl (C=O) groups is 3. The maximum Gasteiger partial charge on any atom is 0.407 e. The Hall–Kier alpha value is -5.89. The van der Waals surface area contributed by atoms with Crippen LogP contribution in [-0.4, -0.2) is 30.5 Å². The van der Waals surface area contributed by atoms with E-state index in [4.69, 9.17) is 9.47 Å². The highest BCUT2D eigenvalue weighted by Crippen LogP contribution is 2.25. The lowest BCUT2D eigenvalue weighted by Gasteiger charge is -2.25. The van der Waals surface area contributed by atoms with Crippen LogP contribution in [0.4, 0.5) is 4.79 Å². The largest absolute Gasteiger partial charge is 0.489 e. The monoisotopic (exact) mass is 669 g/mol. The Balaban J connectivity index is 1.23. The van der Waals surface area contributed by atoms with Crippen LogP contribution in [0.2, 0.25) is 0 Å². The van der Waals surface area contributed by atoms with Gasteiger partial charge < -0.3 is 25.4 Å². The van der Waals surface area contributed by atoms with Crippen LogP contribution in [-0.2, 0) is 27.5 Å². The van der Waals surface area contributed by atoms with E-state index in [-0.39, 0.29) is 31.0 Å². The van der Waals surface area contributed by atoms with Crippen molar-refractivity contribution in [2.75, 3.05) is 6.54 Å². The zero-order chi connectivity index (χ0) is 35.0. The highest BCUT2D eigenvalue weighted by atomic mass is 16.5. The number of nitrogens with one attached hydrogen (secondary N) is 3. The summed E-state index contributed by atoms with van der Waals surface area (Å²) in [7, 11) is 0. The molecule has 0 saturated heterocycles. The van der Waals surface area contributed by atoms with Crippen LogP contribution in [0, 0.1) is 0 Å². The first kappa shape index (κ1) is 35.4. The van der Waals surface area contributed by atoms with Crippen molar-refractivity contribution in [2.45, 2.75) is 51.0 Å². The number of amides is 3. The summed E-state index contributed by atoms with van der Waals surface area (Å²) in [5.74, 6) is -0.490. The Morgan fingerprint density at radius 3 is 1.66 bits per heavy atom. The van der Waals surface area contributed by atoms with E-state index in [0.717, 1.165) is 33.6 Å². The van der Waals surface area contributed by atoms with Crippen molar-refractivity contribution in [2.24, 2.45) is 0 Å². The predicted molar refractivity (Wildman–Crippen MR) is 194 cm³/mol. The van der Waals surface area contributed by atoms with Crippen molar-refractivity contribution in [3.63, 3.8) is 0 Å². The molecule has 50 heavy (non-hydrogen) atoms. The fourth-order valence-electron chi connectivity index (χ4n) is 5.57. The molecule has 0 aliphatic carbocycles. The van der Waals surface area contributed by atoms with Gasteiger partial charge in [0.25, 0.3) is 0 Å². The Morgan fingerprint density at radius 1 is 0.580 bits per heavy atom. The average molecular weight is 670 g/mol. The van der Waals surface area contributed by atoms with E-state index >= 15 is 0 Å². The molecule has 0 fully saturated rings. The molecule has 0 bridgehead atoms. The van der Waals surface area contributed by atoms with E-state index < -0.39 is 18.1 Å². The third-order valence-electron chi connectivity index (χ3n) is 8.30. The van der Waals surface area contributed by atoms with Gasteiger partial charge in [-0.05, 0) is 59.7 Å². The standard InChI is InChI=1S/C42H43N3O5/c1-31(34-24-26-37(27-25-34)49-29-32-15-6-2-7-16-32)44-40(46)38(23-14-28-43-42(48)50-30-33-17-8-3-9-18-33)45-41(47)39(35-19-10-4-11-20-35)36-21-12-5-13-22-36/h2-13,15-22,24-27,31,38-39H,14,23,28-30H2,1H3,(H,43,48)(H,44,46)(H,45,47)/t31-,38-/m1/s1. The van der Waals surface area contributed by atoms with Gasteiger partial charge >= 0.3 is 6.09 Å². The second-order valence-electron chi connectivity index (χ2n) is 12.0. The minimum atomic E-state index is -0.851. The topological polar surface area (TPSA) is 106 Å². The van der Waals surface area contributed by atoms with E-state index in [2.05, 4.69) is 16.0 Å². The molecular weight excluding hydrogens is 626 g/mol. The quantitative estimate of drug-likeness (QED) is 0.0946. The van der Waals surface area contributed by atoms with Gasteiger partial charge in [-0.15, -0.1) is 0 Å². The SMILES string of the molecule is C[C@@H](NC(=O)[C@@H](CCCNC(=O)OCc1ccccc1)NC(=O)C(c1ccccc1)c1ccccc1)c1ccc(OCc2ccccc2)cc1. The smallest absolute Gasteiger partial charge is 0.407 e. The molecule has 0 unspecified atom stereocenters.